The molecule has 2 heterocycles. The molecule has 2 aromatic rings. The van der Waals surface area contributed by atoms with Gasteiger partial charge < -0.3 is 10.0 Å². The van der Waals surface area contributed by atoms with Crippen molar-refractivity contribution < 1.29 is 9.90 Å². The van der Waals surface area contributed by atoms with Crippen molar-refractivity contribution in [1.29, 1.82) is 0 Å². The second kappa shape index (κ2) is 4.97. The van der Waals surface area contributed by atoms with Crippen molar-refractivity contribution in [2.45, 2.75) is 6.54 Å². The molecule has 2 rings (SSSR count). The average molecular weight is 248 g/mol. The Labute approximate surface area is 103 Å². The van der Waals surface area contributed by atoms with Gasteiger partial charge in [0.15, 0.2) is 0 Å². The minimum absolute atomic E-state index is 0.359. The van der Waals surface area contributed by atoms with Crippen LogP contribution in [0.15, 0.2) is 36.7 Å². The van der Waals surface area contributed by atoms with E-state index in [1.807, 2.05) is 36.3 Å². The largest absolute Gasteiger partial charge is 0.477 e. The third-order valence-electron chi connectivity index (χ3n) is 2.32. The maximum absolute atomic E-state index is 10.8. The van der Waals surface area contributed by atoms with Gasteiger partial charge in [-0.25, -0.2) is 4.79 Å². The highest BCUT2D eigenvalue weighted by atomic mass is 32.1. The van der Waals surface area contributed by atoms with Gasteiger partial charge in [-0.15, -0.1) is 11.3 Å². The van der Waals surface area contributed by atoms with Crippen LogP contribution < -0.4 is 4.90 Å². The maximum Gasteiger partial charge on any atom is 0.345 e. The van der Waals surface area contributed by atoms with Crippen LogP contribution in [0.4, 0.5) is 5.00 Å². The molecule has 0 saturated heterocycles. The van der Waals surface area contributed by atoms with Crippen molar-refractivity contribution in [2.24, 2.45) is 0 Å². The molecule has 0 amide bonds. The van der Waals surface area contributed by atoms with Crippen LogP contribution in [0, 0.1) is 0 Å². The highest BCUT2D eigenvalue weighted by molar-refractivity contribution is 7.17. The van der Waals surface area contributed by atoms with Gasteiger partial charge in [0, 0.05) is 26.0 Å². The van der Waals surface area contributed by atoms with E-state index in [9.17, 15) is 4.79 Å². The van der Waals surface area contributed by atoms with E-state index in [1.54, 1.807) is 12.3 Å². The molecule has 0 atom stereocenters. The summed E-state index contributed by atoms with van der Waals surface area (Å²) < 4.78 is 0. The van der Waals surface area contributed by atoms with Crippen LogP contribution in [0.3, 0.4) is 0 Å². The standard InChI is InChI=1S/C12H12N2O2S/c1-14(8-9-3-2-6-13-7-9)11-5-4-10(17-11)12(15)16/h2-7H,8H2,1H3,(H,15,16). The molecule has 0 saturated carbocycles. The first-order valence-corrected chi connectivity index (χ1v) is 5.91. The number of pyridine rings is 1. The fraction of sp³-hybridized carbons (Fsp3) is 0.167. The molecule has 17 heavy (non-hydrogen) atoms. The third-order valence-corrected chi connectivity index (χ3v) is 3.51. The highest BCUT2D eigenvalue weighted by Gasteiger charge is 2.10. The van der Waals surface area contributed by atoms with Gasteiger partial charge in [0.2, 0.25) is 0 Å². The molecule has 0 radical (unpaired) electrons. The number of hydrogen-bond acceptors (Lipinski definition) is 4. The van der Waals surface area contributed by atoms with E-state index < -0.39 is 5.97 Å². The number of hydrogen-bond donors (Lipinski definition) is 1. The summed E-state index contributed by atoms with van der Waals surface area (Å²) in [5.41, 5.74) is 1.10. The summed E-state index contributed by atoms with van der Waals surface area (Å²) in [6.07, 6.45) is 3.54. The molecule has 0 aliphatic carbocycles. The van der Waals surface area contributed by atoms with Gasteiger partial charge in [0.25, 0.3) is 0 Å². The van der Waals surface area contributed by atoms with Gasteiger partial charge in [0.1, 0.15) is 4.88 Å². The second-order valence-corrected chi connectivity index (χ2v) is 4.72. The number of carboxylic acid groups (broad SMARTS) is 1. The quantitative estimate of drug-likeness (QED) is 0.903. The fourth-order valence-corrected chi connectivity index (χ4v) is 2.30. The summed E-state index contributed by atoms with van der Waals surface area (Å²) in [6, 6.07) is 7.34. The molecular weight excluding hydrogens is 236 g/mol. The van der Waals surface area contributed by atoms with Gasteiger partial charge in [0.05, 0.1) is 5.00 Å². The molecule has 4 nitrogen and oxygen atoms in total. The van der Waals surface area contributed by atoms with Gasteiger partial charge in [-0.05, 0) is 23.8 Å². The lowest BCUT2D eigenvalue weighted by molar-refractivity contribution is 0.0702. The molecule has 1 N–H and O–H groups in total. The second-order valence-electron chi connectivity index (χ2n) is 3.66. The Kier molecular flexibility index (Phi) is 3.39. The molecule has 0 aliphatic heterocycles. The van der Waals surface area contributed by atoms with E-state index >= 15 is 0 Å². The monoisotopic (exact) mass is 248 g/mol. The van der Waals surface area contributed by atoms with E-state index in [2.05, 4.69) is 4.98 Å². The predicted molar refractivity (Wildman–Crippen MR) is 67.6 cm³/mol. The van der Waals surface area contributed by atoms with Gasteiger partial charge >= 0.3 is 5.97 Å². The SMILES string of the molecule is CN(Cc1cccnc1)c1ccc(C(=O)O)s1. The Morgan fingerprint density at radius 3 is 2.88 bits per heavy atom. The van der Waals surface area contributed by atoms with Crippen LogP contribution in [-0.2, 0) is 6.54 Å². The van der Waals surface area contributed by atoms with Crippen LogP contribution in [0.25, 0.3) is 0 Å². The zero-order valence-corrected chi connectivity index (χ0v) is 10.1. The number of thiophene rings is 1. The van der Waals surface area contributed by atoms with Crippen LogP contribution in [-0.4, -0.2) is 23.1 Å². The summed E-state index contributed by atoms with van der Waals surface area (Å²) in [5, 5.41) is 9.79. The Balaban J connectivity index is 2.09. The number of nitrogens with zero attached hydrogens (tertiary/aromatic N) is 2. The summed E-state index contributed by atoms with van der Waals surface area (Å²) in [7, 11) is 1.93. The third kappa shape index (κ3) is 2.82. The van der Waals surface area contributed by atoms with E-state index in [-0.39, 0.29) is 0 Å². The summed E-state index contributed by atoms with van der Waals surface area (Å²) in [6.45, 7) is 0.716. The van der Waals surface area contributed by atoms with Crippen LogP contribution >= 0.6 is 11.3 Å². The number of rotatable bonds is 4. The van der Waals surface area contributed by atoms with Crippen molar-refractivity contribution >= 4 is 22.3 Å². The first kappa shape index (κ1) is 11.6. The Morgan fingerprint density at radius 2 is 2.29 bits per heavy atom. The van der Waals surface area contributed by atoms with Gasteiger partial charge in [-0.3, -0.25) is 4.98 Å². The van der Waals surface area contributed by atoms with E-state index in [4.69, 9.17) is 5.11 Å². The number of anilines is 1. The highest BCUT2D eigenvalue weighted by Crippen LogP contribution is 2.26. The molecule has 0 aromatic carbocycles. The van der Waals surface area contributed by atoms with Crippen molar-refractivity contribution in [3.05, 3.63) is 47.1 Å². The normalized spacial score (nSPS) is 10.2. The molecule has 0 bridgehead atoms. The van der Waals surface area contributed by atoms with Crippen molar-refractivity contribution in [2.75, 3.05) is 11.9 Å². The van der Waals surface area contributed by atoms with Crippen molar-refractivity contribution in [3.63, 3.8) is 0 Å². The molecule has 5 heteroatoms. The fourth-order valence-electron chi connectivity index (χ4n) is 1.49. The lowest BCUT2D eigenvalue weighted by Crippen LogP contribution is -2.14. The van der Waals surface area contributed by atoms with Crippen molar-refractivity contribution in [1.82, 2.24) is 4.98 Å². The molecule has 88 valence electrons. The number of aromatic carboxylic acids is 1. The zero-order valence-electron chi connectivity index (χ0n) is 9.33. The molecule has 0 unspecified atom stereocenters. The lowest BCUT2D eigenvalue weighted by Gasteiger charge is -2.16. The van der Waals surface area contributed by atoms with E-state index in [0.717, 1.165) is 10.6 Å². The van der Waals surface area contributed by atoms with Crippen LogP contribution in [0.5, 0.6) is 0 Å². The average Bonchev–Trinajstić information content (AvgIpc) is 2.79. The first-order chi connectivity index (χ1) is 8.16. The lowest BCUT2D eigenvalue weighted by atomic mass is 10.3. The topological polar surface area (TPSA) is 53.4 Å². The number of carbonyl (C=O) groups is 1. The predicted octanol–water partition coefficient (Wildman–Crippen LogP) is 2.48. The van der Waals surface area contributed by atoms with Crippen LogP contribution in [0.2, 0.25) is 0 Å². The smallest absolute Gasteiger partial charge is 0.345 e. The minimum Gasteiger partial charge on any atom is -0.477 e. The molecule has 0 spiro atoms. The Morgan fingerprint density at radius 1 is 1.47 bits per heavy atom. The number of aromatic nitrogens is 1. The minimum atomic E-state index is -0.879. The summed E-state index contributed by atoms with van der Waals surface area (Å²) >= 11 is 1.27. The Bertz CT molecular complexity index is 510. The molecule has 0 fully saturated rings. The zero-order chi connectivity index (χ0) is 12.3. The first-order valence-electron chi connectivity index (χ1n) is 5.10. The molecular formula is C12H12N2O2S. The maximum atomic E-state index is 10.8. The summed E-state index contributed by atoms with van der Waals surface area (Å²) in [5.74, 6) is -0.879. The summed E-state index contributed by atoms with van der Waals surface area (Å²) in [4.78, 5) is 17.2. The van der Waals surface area contributed by atoms with Gasteiger partial charge in [-0.1, -0.05) is 6.07 Å². The van der Waals surface area contributed by atoms with E-state index in [1.165, 1.54) is 11.3 Å². The van der Waals surface area contributed by atoms with Crippen molar-refractivity contribution in [3.8, 4) is 0 Å². The number of carboxylic acids is 1. The molecule has 0 aliphatic rings. The van der Waals surface area contributed by atoms with Crippen LogP contribution in [0.1, 0.15) is 15.2 Å². The van der Waals surface area contributed by atoms with Gasteiger partial charge in [-0.2, -0.15) is 0 Å². The Hall–Kier alpha value is -1.88. The molecule has 2 aromatic heterocycles. The van der Waals surface area contributed by atoms with E-state index in [0.29, 0.717) is 11.4 Å².